The quantitative estimate of drug-likeness (QED) is 0.728. The minimum Gasteiger partial charge on any atom is -0.369 e. The highest BCUT2D eigenvalue weighted by Crippen LogP contribution is 2.26. The second-order valence-electron chi connectivity index (χ2n) is 3.99. The van der Waals surface area contributed by atoms with Crippen molar-refractivity contribution >= 4 is 5.91 Å². The van der Waals surface area contributed by atoms with Gasteiger partial charge in [-0.2, -0.15) is 0 Å². The topological polar surface area (TPSA) is 65.5 Å². The molecule has 1 fully saturated rings. The first-order valence-electron chi connectivity index (χ1n) is 4.92. The Morgan fingerprint density at radius 2 is 2.50 bits per heavy atom. The van der Waals surface area contributed by atoms with Crippen LogP contribution in [0.15, 0.2) is 36.8 Å². The number of pyridine rings is 1. The Bertz CT molecular complexity index is 428. The molecule has 1 aliphatic rings. The van der Waals surface area contributed by atoms with Crippen LogP contribution in [-0.4, -0.2) is 26.7 Å². The molecule has 0 saturated carbocycles. The number of carbonyl (C=O) groups is 1. The Hall–Kier alpha value is -1.88. The first-order valence-corrected chi connectivity index (χ1v) is 4.92. The molecule has 0 aromatic carbocycles. The predicted molar refractivity (Wildman–Crippen MR) is 57.9 cm³/mol. The zero-order chi connectivity index (χ0) is 11.8. The molecule has 1 amide bonds. The van der Waals surface area contributed by atoms with Crippen LogP contribution in [0.2, 0.25) is 0 Å². The van der Waals surface area contributed by atoms with Crippen molar-refractivity contribution in [3.8, 4) is 0 Å². The molecule has 2 heterocycles. The molecule has 1 aliphatic heterocycles. The highest BCUT2D eigenvalue weighted by Gasteiger charge is 2.40. The zero-order valence-corrected chi connectivity index (χ0v) is 8.97. The van der Waals surface area contributed by atoms with Crippen LogP contribution >= 0.6 is 0 Å². The Labute approximate surface area is 93.4 Å². The number of hydrogen-bond donors (Lipinski definition) is 2. The third-order valence-corrected chi connectivity index (χ3v) is 2.41. The molecule has 2 rings (SSSR count). The highest BCUT2D eigenvalue weighted by atomic mass is 16.3. The van der Waals surface area contributed by atoms with E-state index in [4.69, 9.17) is 0 Å². The number of nitrogens with one attached hydrogen (secondary N) is 1. The van der Waals surface area contributed by atoms with Crippen molar-refractivity contribution in [1.82, 2.24) is 15.4 Å². The smallest absolute Gasteiger partial charge is 0.276 e. The molecule has 0 radical (unpaired) electrons. The fourth-order valence-electron chi connectivity index (χ4n) is 1.69. The maximum absolute atomic E-state index is 12.0. The number of hydrogen-bond acceptors (Lipinski definition) is 4. The van der Waals surface area contributed by atoms with Crippen molar-refractivity contribution in [1.29, 1.82) is 0 Å². The van der Waals surface area contributed by atoms with Gasteiger partial charge in [0.2, 0.25) is 0 Å². The van der Waals surface area contributed by atoms with Gasteiger partial charge in [-0.3, -0.25) is 15.2 Å². The van der Waals surface area contributed by atoms with Crippen LogP contribution in [0.4, 0.5) is 0 Å². The SMILES string of the molecule is C=C1CC(C)(O)N(C(=O)c2cccnc2)N1. The Morgan fingerprint density at radius 3 is 3.00 bits per heavy atom. The molecule has 5 nitrogen and oxygen atoms in total. The fraction of sp³-hybridized carbons (Fsp3) is 0.273. The van der Waals surface area contributed by atoms with Crippen molar-refractivity contribution in [2.24, 2.45) is 0 Å². The van der Waals surface area contributed by atoms with E-state index in [1.807, 2.05) is 0 Å². The molecule has 1 saturated heterocycles. The lowest BCUT2D eigenvalue weighted by Crippen LogP contribution is -2.49. The molecular formula is C11H13N3O2. The fourth-order valence-corrected chi connectivity index (χ4v) is 1.69. The minimum atomic E-state index is -1.25. The summed E-state index contributed by atoms with van der Waals surface area (Å²) in [7, 11) is 0. The molecule has 16 heavy (non-hydrogen) atoms. The van der Waals surface area contributed by atoms with Gasteiger partial charge in [-0.25, -0.2) is 5.01 Å². The summed E-state index contributed by atoms with van der Waals surface area (Å²) >= 11 is 0. The molecule has 0 spiro atoms. The summed E-state index contributed by atoms with van der Waals surface area (Å²) in [5.41, 5.74) is 2.54. The monoisotopic (exact) mass is 219 g/mol. The van der Waals surface area contributed by atoms with Gasteiger partial charge in [0, 0.05) is 24.5 Å². The normalized spacial score (nSPS) is 24.4. The van der Waals surface area contributed by atoms with Gasteiger partial charge in [-0.15, -0.1) is 0 Å². The van der Waals surface area contributed by atoms with E-state index in [1.165, 1.54) is 11.2 Å². The van der Waals surface area contributed by atoms with Crippen molar-refractivity contribution < 1.29 is 9.90 Å². The third kappa shape index (κ3) is 1.77. The standard InChI is InChI=1S/C11H13N3O2/c1-8-6-11(2,16)14(13-8)10(15)9-4-3-5-12-7-9/h3-5,7,13,16H,1,6H2,2H3. The largest absolute Gasteiger partial charge is 0.369 e. The molecule has 2 N–H and O–H groups in total. The summed E-state index contributed by atoms with van der Waals surface area (Å²) in [6.07, 6.45) is 3.37. The lowest BCUT2D eigenvalue weighted by Gasteiger charge is -2.28. The van der Waals surface area contributed by atoms with Crippen LogP contribution in [0.3, 0.4) is 0 Å². The Balaban J connectivity index is 2.27. The summed E-state index contributed by atoms with van der Waals surface area (Å²) in [6.45, 7) is 5.26. The summed E-state index contributed by atoms with van der Waals surface area (Å²) in [4.78, 5) is 15.9. The van der Waals surface area contributed by atoms with Crippen molar-refractivity contribution in [2.45, 2.75) is 19.1 Å². The minimum absolute atomic E-state index is 0.318. The highest BCUT2D eigenvalue weighted by molar-refractivity contribution is 5.94. The molecule has 1 unspecified atom stereocenters. The molecule has 5 heteroatoms. The number of aromatic nitrogens is 1. The maximum Gasteiger partial charge on any atom is 0.276 e. The molecule has 1 aromatic rings. The lowest BCUT2D eigenvalue weighted by atomic mass is 10.1. The molecule has 0 aliphatic carbocycles. The average molecular weight is 219 g/mol. The first kappa shape index (κ1) is 10.6. The molecule has 1 atom stereocenters. The number of carbonyl (C=O) groups excluding carboxylic acids is 1. The van der Waals surface area contributed by atoms with Crippen molar-refractivity contribution in [2.75, 3.05) is 0 Å². The average Bonchev–Trinajstić information content (AvgIpc) is 2.52. The van der Waals surface area contributed by atoms with Gasteiger partial charge in [-0.1, -0.05) is 6.58 Å². The Morgan fingerprint density at radius 1 is 1.75 bits per heavy atom. The molecule has 0 bridgehead atoms. The summed E-state index contributed by atoms with van der Waals surface area (Å²) in [5, 5.41) is 11.2. The van der Waals surface area contributed by atoms with Gasteiger partial charge in [0.1, 0.15) is 0 Å². The van der Waals surface area contributed by atoms with Crippen LogP contribution in [0.5, 0.6) is 0 Å². The lowest BCUT2D eigenvalue weighted by molar-refractivity contribution is -0.0626. The summed E-state index contributed by atoms with van der Waals surface area (Å²) in [5.74, 6) is -0.322. The van der Waals surface area contributed by atoms with Gasteiger partial charge >= 0.3 is 0 Å². The van der Waals surface area contributed by atoms with Gasteiger partial charge < -0.3 is 5.11 Å². The molecule has 84 valence electrons. The predicted octanol–water partition coefficient (Wildman–Crippen LogP) is 0.654. The maximum atomic E-state index is 12.0. The van der Waals surface area contributed by atoms with Crippen LogP contribution in [0.25, 0.3) is 0 Å². The van der Waals surface area contributed by atoms with E-state index in [9.17, 15) is 9.90 Å². The number of hydrazine groups is 1. The second-order valence-corrected chi connectivity index (χ2v) is 3.99. The van der Waals surface area contributed by atoms with Gasteiger partial charge in [0.25, 0.3) is 5.91 Å². The molecule has 1 aromatic heterocycles. The van der Waals surface area contributed by atoms with Crippen molar-refractivity contribution in [3.05, 3.63) is 42.4 Å². The van der Waals surface area contributed by atoms with Gasteiger partial charge in [0.15, 0.2) is 5.72 Å². The van der Waals surface area contributed by atoms with Gasteiger partial charge in [0.05, 0.1) is 5.56 Å². The summed E-state index contributed by atoms with van der Waals surface area (Å²) in [6, 6.07) is 3.32. The number of rotatable bonds is 1. The van der Waals surface area contributed by atoms with E-state index < -0.39 is 5.72 Å². The van der Waals surface area contributed by atoms with Crippen LogP contribution in [0.1, 0.15) is 23.7 Å². The third-order valence-electron chi connectivity index (χ3n) is 2.41. The van der Waals surface area contributed by atoms with E-state index in [0.29, 0.717) is 17.7 Å². The zero-order valence-electron chi connectivity index (χ0n) is 8.97. The number of nitrogens with zero attached hydrogens (tertiary/aromatic N) is 2. The van der Waals surface area contributed by atoms with E-state index >= 15 is 0 Å². The molecular weight excluding hydrogens is 206 g/mol. The van der Waals surface area contributed by atoms with E-state index in [2.05, 4.69) is 17.0 Å². The number of amides is 1. The van der Waals surface area contributed by atoms with E-state index in [1.54, 1.807) is 25.3 Å². The van der Waals surface area contributed by atoms with Crippen LogP contribution in [-0.2, 0) is 0 Å². The second kappa shape index (κ2) is 3.61. The summed E-state index contributed by atoms with van der Waals surface area (Å²) < 4.78 is 0. The van der Waals surface area contributed by atoms with Crippen LogP contribution < -0.4 is 5.43 Å². The first-order chi connectivity index (χ1) is 7.50. The van der Waals surface area contributed by atoms with Crippen LogP contribution in [0, 0.1) is 0 Å². The Kier molecular flexibility index (Phi) is 2.40. The number of aliphatic hydroxyl groups is 1. The van der Waals surface area contributed by atoms with Gasteiger partial charge in [-0.05, 0) is 19.1 Å². The van der Waals surface area contributed by atoms with E-state index in [0.717, 1.165) is 0 Å². The van der Waals surface area contributed by atoms with E-state index in [-0.39, 0.29) is 5.91 Å². The van der Waals surface area contributed by atoms with Crippen molar-refractivity contribution in [3.63, 3.8) is 0 Å².